The predicted octanol–water partition coefficient (Wildman–Crippen LogP) is 3.72. The fourth-order valence-electron chi connectivity index (χ4n) is 2.32. The van der Waals surface area contributed by atoms with Gasteiger partial charge in [0.1, 0.15) is 11.3 Å². The fourth-order valence-corrected chi connectivity index (χ4v) is 3.93. The van der Waals surface area contributed by atoms with Crippen molar-refractivity contribution in [1.29, 1.82) is 0 Å². The van der Waals surface area contributed by atoms with Crippen molar-refractivity contribution in [3.63, 3.8) is 0 Å². The lowest BCUT2D eigenvalue weighted by Gasteiger charge is -2.12. The van der Waals surface area contributed by atoms with Gasteiger partial charge in [-0.15, -0.1) is 11.6 Å². The molecule has 1 atom stereocenters. The van der Waals surface area contributed by atoms with Crippen molar-refractivity contribution in [1.82, 2.24) is 14.5 Å². The Morgan fingerprint density at radius 3 is 3.11 bits per heavy atom. The molecule has 6 heteroatoms. The zero-order valence-electron chi connectivity index (χ0n) is 9.77. The number of fused-ring (bicyclic) bond motifs is 1. The van der Waals surface area contributed by atoms with Crippen molar-refractivity contribution in [3.05, 3.63) is 23.1 Å². The van der Waals surface area contributed by atoms with Crippen LogP contribution in [0.1, 0.15) is 18.7 Å². The van der Waals surface area contributed by atoms with Crippen LogP contribution in [0.4, 0.5) is 0 Å². The molecule has 0 aromatic carbocycles. The molecule has 3 heterocycles. The van der Waals surface area contributed by atoms with E-state index in [2.05, 4.69) is 14.5 Å². The third-order valence-corrected chi connectivity index (χ3v) is 4.99. The first kappa shape index (κ1) is 12.6. The molecule has 2 aromatic heterocycles. The van der Waals surface area contributed by atoms with E-state index in [-0.39, 0.29) is 0 Å². The molecule has 1 unspecified atom stereocenters. The Kier molecular flexibility index (Phi) is 3.68. The van der Waals surface area contributed by atoms with Crippen molar-refractivity contribution in [2.75, 3.05) is 5.75 Å². The molecular weight excluding hydrogens is 289 g/mol. The molecule has 1 aliphatic rings. The van der Waals surface area contributed by atoms with Gasteiger partial charge in [-0.3, -0.25) is 0 Å². The minimum atomic E-state index is 0.408. The monoisotopic (exact) mass is 301 g/mol. The van der Waals surface area contributed by atoms with E-state index >= 15 is 0 Å². The molecule has 3 nitrogen and oxygen atoms in total. The zero-order chi connectivity index (χ0) is 12.5. The molecule has 2 aromatic rings. The normalized spacial score (nSPS) is 19.8. The van der Waals surface area contributed by atoms with E-state index in [0.717, 1.165) is 23.5 Å². The number of rotatable bonds is 3. The van der Waals surface area contributed by atoms with Gasteiger partial charge in [0.15, 0.2) is 5.65 Å². The molecule has 1 fully saturated rings. The molecule has 96 valence electrons. The number of nitrogens with zero attached hydrogens (tertiary/aromatic N) is 3. The summed E-state index contributed by atoms with van der Waals surface area (Å²) in [6, 6.07) is 1.85. The second kappa shape index (κ2) is 5.27. The molecule has 18 heavy (non-hydrogen) atoms. The second-order valence-electron chi connectivity index (χ2n) is 4.40. The maximum atomic E-state index is 5.98. The van der Waals surface area contributed by atoms with Crippen molar-refractivity contribution >= 4 is 46.1 Å². The van der Waals surface area contributed by atoms with E-state index in [9.17, 15) is 0 Å². The molecule has 1 aliphatic heterocycles. The number of hydrogen-bond donors (Lipinski definition) is 0. The van der Waals surface area contributed by atoms with Gasteiger partial charge in [-0.25, -0.2) is 9.97 Å². The first-order valence-electron chi connectivity index (χ1n) is 5.96. The van der Waals surface area contributed by atoms with E-state index in [1.54, 1.807) is 6.20 Å². The lowest BCUT2D eigenvalue weighted by molar-refractivity contribution is 0.631. The molecule has 0 radical (unpaired) electrons. The Morgan fingerprint density at radius 2 is 2.39 bits per heavy atom. The van der Waals surface area contributed by atoms with Crippen molar-refractivity contribution < 1.29 is 0 Å². The van der Waals surface area contributed by atoms with E-state index in [0.29, 0.717) is 16.2 Å². The third-order valence-electron chi connectivity index (χ3n) is 3.16. The Balaban J connectivity index is 2.01. The van der Waals surface area contributed by atoms with Gasteiger partial charge in [-0.2, -0.15) is 11.8 Å². The van der Waals surface area contributed by atoms with Crippen LogP contribution in [-0.4, -0.2) is 25.5 Å². The summed E-state index contributed by atoms with van der Waals surface area (Å²) in [4.78, 5) is 8.90. The highest BCUT2D eigenvalue weighted by atomic mass is 35.5. The molecule has 0 saturated carbocycles. The largest absolute Gasteiger partial charge is 0.311 e. The maximum Gasteiger partial charge on any atom is 0.160 e. The van der Waals surface area contributed by atoms with Gasteiger partial charge in [0, 0.05) is 18.0 Å². The van der Waals surface area contributed by atoms with Crippen LogP contribution >= 0.6 is 35.0 Å². The van der Waals surface area contributed by atoms with Crippen molar-refractivity contribution in [3.8, 4) is 0 Å². The summed E-state index contributed by atoms with van der Waals surface area (Å²) in [5.41, 5.74) is 1.73. The van der Waals surface area contributed by atoms with E-state index in [1.807, 2.05) is 17.8 Å². The van der Waals surface area contributed by atoms with Gasteiger partial charge in [-0.05, 0) is 24.7 Å². The minimum Gasteiger partial charge on any atom is -0.311 e. The molecular formula is C12H13Cl2N3S. The van der Waals surface area contributed by atoms with Gasteiger partial charge in [-0.1, -0.05) is 11.6 Å². The SMILES string of the molecule is ClCc1nc2cc(Cl)cnc2n1CC1CCCS1. The fraction of sp³-hybridized carbons (Fsp3) is 0.500. The summed E-state index contributed by atoms with van der Waals surface area (Å²) >= 11 is 13.9. The Morgan fingerprint density at radius 1 is 1.50 bits per heavy atom. The first-order chi connectivity index (χ1) is 8.78. The highest BCUT2D eigenvalue weighted by Gasteiger charge is 2.20. The standard InChI is InChI=1S/C12H13Cl2N3S/c13-5-11-16-10-4-8(14)6-15-12(10)17(11)7-9-2-1-3-18-9/h4,6,9H,1-3,5,7H2. The van der Waals surface area contributed by atoms with Crippen LogP contribution in [-0.2, 0) is 12.4 Å². The summed E-state index contributed by atoms with van der Waals surface area (Å²) in [6.45, 7) is 0.942. The van der Waals surface area contributed by atoms with E-state index in [1.165, 1.54) is 18.6 Å². The summed E-state index contributed by atoms with van der Waals surface area (Å²) in [6.07, 6.45) is 4.24. The molecule has 0 N–H and O–H groups in total. The van der Waals surface area contributed by atoms with E-state index in [4.69, 9.17) is 23.2 Å². The Labute approximate surface area is 120 Å². The molecule has 0 spiro atoms. The summed E-state index contributed by atoms with van der Waals surface area (Å²) in [7, 11) is 0. The van der Waals surface area contributed by atoms with Crippen molar-refractivity contribution in [2.45, 2.75) is 30.5 Å². The number of imidazole rings is 1. The van der Waals surface area contributed by atoms with Gasteiger partial charge in [0.25, 0.3) is 0 Å². The molecule has 0 aliphatic carbocycles. The third kappa shape index (κ3) is 2.33. The Hall–Kier alpha value is -0.450. The van der Waals surface area contributed by atoms with Gasteiger partial charge in [0.05, 0.1) is 10.9 Å². The topological polar surface area (TPSA) is 30.7 Å². The number of thioether (sulfide) groups is 1. The quantitative estimate of drug-likeness (QED) is 0.810. The van der Waals surface area contributed by atoms with Crippen LogP contribution in [0.2, 0.25) is 5.02 Å². The van der Waals surface area contributed by atoms with Crippen molar-refractivity contribution in [2.24, 2.45) is 0 Å². The van der Waals surface area contributed by atoms with E-state index < -0.39 is 0 Å². The smallest absolute Gasteiger partial charge is 0.160 e. The van der Waals surface area contributed by atoms with Crippen LogP contribution in [0.15, 0.2) is 12.3 Å². The van der Waals surface area contributed by atoms with Crippen LogP contribution in [0.3, 0.4) is 0 Å². The summed E-state index contributed by atoms with van der Waals surface area (Å²) in [5.74, 6) is 2.55. The molecule has 0 amide bonds. The Bertz CT molecular complexity index is 564. The molecule has 3 rings (SSSR count). The highest BCUT2D eigenvalue weighted by Crippen LogP contribution is 2.29. The number of aromatic nitrogens is 3. The number of pyridine rings is 1. The average molecular weight is 302 g/mol. The lowest BCUT2D eigenvalue weighted by Crippen LogP contribution is -2.12. The predicted molar refractivity (Wildman–Crippen MR) is 77.6 cm³/mol. The highest BCUT2D eigenvalue weighted by molar-refractivity contribution is 8.00. The van der Waals surface area contributed by atoms with Gasteiger partial charge >= 0.3 is 0 Å². The van der Waals surface area contributed by atoms with Gasteiger partial charge in [0.2, 0.25) is 0 Å². The number of hydrogen-bond acceptors (Lipinski definition) is 3. The lowest BCUT2D eigenvalue weighted by atomic mass is 10.2. The van der Waals surface area contributed by atoms with Crippen LogP contribution in [0.5, 0.6) is 0 Å². The van der Waals surface area contributed by atoms with Crippen LogP contribution in [0, 0.1) is 0 Å². The minimum absolute atomic E-state index is 0.408. The average Bonchev–Trinajstić information content (AvgIpc) is 2.97. The maximum absolute atomic E-state index is 5.98. The van der Waals surface area contributed by atoms with Gasteiger partial charge < -0.3 is 4.57 Å². The number of halogens is 2. The van der Waals surface area contributed by atoms with Crippen LogP contribution in [0.25, 0.3) is 11.2 Å². The zero-order valence-corrected chi connectivity index (χ0v) is 12.1. The number of alkyl halides is 1. The first-order valence-corrected chi connectivity index (χ1v) is 7.92. The second-order valence-corrected chi connectivity index (χ2v) is 6.52. The van der Waals surface area contributed by atoms with Crippen LogP contribution < -0.4 is 0 Å². The summed E-state index contributed by atoms with van der Waals surface area (Å²) in [5, 5.41) is 1.27. The molecule has 1 saturated heterocycles. The molecule has 0 bridgehead atoms. The summed E-state index contributed by atoms with van der Waals surface area (Å²) < 4.78 is 2.14.